The molecule has 9 aromatic rings. The zero-order valence-electron chi connectivity index (χ0n) is 21.6. The molecule has 0 fully saturated rings. The molecule has 9 rings (SSSR count). The summed E-state index contributed by atoms with van der Waals surface area (Å²) in [5.74, 6) is 0. The average molecular weight is 526 g/mol. The molecular weight excluding hydrogens is 502 g/mol. The van der Waals surface area contributed by atoms with E-state index in [4.69, 9.17) is 0 Å². The quantitative estimate of drug-likeness (QED) is 0.216. The summed E-state index contributed by atoms with van der Waals surface area (Å²) in [6, 6.07) is 51.0. The van der Waals surface area contributed by atoms with E-state index in [1.54, 1.807) is 0 Å². The lowest BCUT2D eigenvalue weighted by atomic mass is 9.93. The Kier molecular flexibility index (Phi) is 4.55. The largest absolute Gasteiger partial charge is 0.299 e. The third kappa shape index (κ3) is 3.03. The van der Waals surface area contributed by atoms with Gasteiger partial charge in [0.05, 0.1) is 11.0 Å². The standard InChI is InChI=1S/C38H23NS/c1-3-10-24(11-4-1)25-18-20-27(21-19-25)34-23-32-29-16-9-14-28-22-31(26-12-5-2-6-13-26)36-30-15-7-8-17-33(30)39(38(32)40-34)37(36)35(28)29/h1-23H. The summed E-state index contributed by atoms with van der Waals surface area (Å²) in [6.07, 6.45) is 0. The molecule has 3 aromatic heterocycles. The minimum Gasteiger partial charge on any atom is -0.299 e. The van der Waals surface area contributed by atoms with E-state index in [-0.39, 0.29) is 0 Å². The fourth-order valence-corrected chi connectivity index (χ4v) is 7.75. The smallest absolute Gasteiger partial charge is 0.109 e. The fraction of sp³-hybridized carbons (Fsp3) is 0. The van der Waals surface area contributed by atoms with E-state index in [0.29, 0.717) is 0 Å². The predicted octanol–water partition coefficient (Wildman–Crippen LogP) is 11.1. The van der Waals surface area contributed by atoms with Crippen molar-refractivity contribution in [2.45, 2.75) is 0 Å². The van der Waals surface area contributed by atoms with Crippen molar-refractivity contribution in [3.05, 3.63) is 140 Å². The normalized spacial score (nSPS) is 12.0. The van der Waals surface area contributed by atoms with Gasteiger partial charge in [-0.2, -0.15) is 0 Å². The van der Waals surface area contributed by atoms with Crippen LogP contribution in [0.15, 0.2) is 140 Å². The second kappa shape index (κ2) is 8.29. The zero-order valence-corrected chi connectivity index (χ0v) is 22.5. The van der Waals surface area contributed by atoms with Crippen molar-refractivity contribution in [1.82, 2.24) is 4.40 Å². The van der Waals surface area contributed by atoms with Crippen molar-refractivity contribution in [2.24, 2.45) is 0 Å². The molecule has 0 saturated carbocycles. The number of aromatic nitrogens is 1. The first-order valence-corrected chi connectivity index (χ1v) is 14.5. The van der Waals surface area contributed by atoms with E-state index in [2.05, 4.69) is 144 Å². The fourth-order valence-electron chi connectivity index (χ4n) is 6.55. The first kappa shape index (κ1) is 22.0. The van der Waals surface area contributed by atoms with Gasteiger partial charge in [0.1, 0.15) is 4.83 Å². The maximum absolute atomic E-state index is 2.54. The Labute approximate surface area is 235 Å². The molecular formula is C38H23NS. The Balaban J connectivity index is 1.38. The van der Waals surface area contributed by atoms with E-state index < -0.39 is 0 Å². The van der Waals surface area contributed by atoms with Gasteiger partial charge in [-0.05, 0) is 56.8 Å². The van der Waals surface area contributed by atoms with Gasteiger partial charge in [0.2, 0.25) is 0 Å². The number of rotatable bonds is 3. The van der Waals surface area contributed by atoms with E-state index in [0.717, 1.165) is 0 Å². The van der Waals surface area contributed by atoms with Crippen LogP contribution in [0.1, 0.15) is 0 Å². The Morgan fingerprint density at radius 2 is 1.10 bits per heavy atom. The monoisotopic (exact) mass is 525 g/mol. The molecule has 0 radical (unpaired) electrons. The molecule has 0 aliphatic rings. The average Bonchev–Trinajstić information content (AvgIpc) is 3.62. The number of pyridine rings is 1. The van der Waals surface area contributed by atoms with E-state index >= 15 is 0 Å². The highest BCUT2D eigenvalue weighted by Crippen LogP contribution is 2.48. The molecule has 0 saturated heterocycles. The molecule has 186 valence electrons. The summed E-state index contributed by atoms with van der Waals surface area (Å²) in [7, 11) is 0. The van der Waals surface area contributed by atoms with Gasteiger partial charge >= 0.3 is 0 Å². The molecule has 2 heteroatoms. The Morgan fingerprint density at radius 1 is 0.450 bits per heavy atom. The predicted molar refractivity (Wildman–Crippen MR) is 173 cm³/mol. The third-order valence-electron chi connectivity index (χ3n) is 8.34. The molecule has 0 bridgehead atoms. The molecule has 0 aliphatic carbocycles. The number of thiophene rings is 1. The van der Waals surface area contributed by atoms with E-state index in [9.17, 15) is 0 Å². The maximum atomic E-state index is 2.54. The lowest BCUT2D eigenvalue weighted by Gasteiger charge is -2.13. The SMILES string of the molecule is c1ccc(-c2ccc(-c3cc4c5cccc6cc(-c7ccccc7)c7c8ccccc8n(c4s3)c7c65)cc2)cc1. The number of hydrogen-bond acceptors (Lipinski definition) is 1. The highest BCUT2D eigenvalue weighted by atomic mass is 32.1. The molecule has 0 N–H and O–H groups in total. The van der Waals surface area contributed by atoms with Crippen LogP contribution >= 0.6 is 11.3 Å². The number of nitrogens with zero attached hydrogens (tertiary/aromatic N) is 1. The molecule has 3 heterocycles. The van der Waals surface area contributed by atoms with Gasteiger partial charge in [0, 0.05) is 26.4 Å². The molecule has 0 unspecified atom stereocenters. The molecule has 0 spiro atoms. The van der Waals surface area contributed by atoms with Gasteiger partial charge < -0.3 is 0 Å². The molecule has 0 amide bonds. The van der Waals surface area contributed by atoms with Crippen LogP contribution in [0.4, 0.5) is 0 Å². The summed E-state index contributed by atoms with van der Waals surface area (Å²) >= 11 is 1.90. The summed E-state index contributed by atoms with van der Waals surface area (Å²) in [5, 5.41) is 7.94. The lowest BCUT2D eigenvalue weighted by molar-refractivity contribution is 1.38. The van der Waals surface area contributed by atoms with E-state index in [1.807, 2.05) is 11.3 Å². The van der Waals surface area contributed by atoms with Crippen molar-refractivity contribution in [2.75, 3.05) is 0 Å². The number of fused-ring (bicyclic) bond motifs is 6. The summed E-state index contributed by atoms with van der Waals surface area (Å²) in [5.41, 5.74) is 8.90. The van der Waals surface area contributed by atoms with Crippen LogP contribution in [0, 0.1) is 0 Å². The van der Waals surface area contributed by atoms with Crippen LogP contribution in [0.3, 0.4) is 0 Å². The van der Waals surface area contributed by atoms with Crippen LogP contribution in [0.25, 0.3) is 80.9 Å². The maximum Gasteiger partial charge on any atom is 0.109 e. The van der Waals surface area contributed by atoms with Crippen molar-refractivity contribution < 1.29 is 0 Å². The van der Waals surface area contributed by atoms with Crippen LogP contribution in [-0.4, -0.2) is 4.40 Å². The van der Waals surface area contributed by atoms with Crippen LogP contribution in [0.2, 0.25) is 0 Å². The molecule has 40 heavy (non-hydrogen) atoms. The van der Waals surface area contributed by atoms with Gasteiger partial charge in [-0.1, -0.05) is 121 Å². The molecule has 1 nitrogen and oxygen atoms in total. The summed E-state index contributed by atoms with van der Waals surface area (Å²) in [4.78, 5) is 2.60. The van der Waals surface area contributed by atoms with Crippen LogP contribution < -0.4 is 0 Å². The number of hydrogen-bond donors (Lipinski definition) is 0. The highest BCUT2D eigenvalue weighted by Gasteiger charge is 2.22. The van der Waals surface area contributed by atoms with E-state index in [1.165, 1.54) is 80.9 Å². The second-order valence-electron chi connectivity index (χ2n) is 10.5. The summed E-state index contributed by atoms with van der Waals surface area (Å²) < 4.78 is 2.54. The van der Waals surface area contributed by atoms with Crippen LogP contribution in [0.5, 0.6) is 0 Å². The van der Waals surface area contributed by atoms with Crippen molar-refractivity contribution >= 4 is 59.5 Å². The van der Waals surface area contributed by atoms with Gasteiger partial charge in [0.25, 0.3) is 0 Å². The Morgan fingerprint density at radius 3 is 1.90 bits per heavy atom. The first-order valence-electron chi connectivity index (χ1n) is 13.7. The Bertz CT molecular complexity index is 2340. The topological polar surface area (TPSA) is 4.41 Å². The molecule has 0 atom stereocenters. The van der Waals surface area contributed by atoms with Crippen molar-refractivity contribution in [1.29, 1.82) is 0 Å². The van der Waals surface area contributed by atoms with Crippen molar-refractivity contribution in [3.8, 4) is 32.7 Å². The van der Waals surface area contributed by atoms with Crippen LogP contribution in [-0.2, 0) is 0 Å². The minimum absolute atomic E-state index is 1.24. The number of benzene rings is 6. The van der Waals surface area contributed by atoms with Gasteiger partial charge in [-0.25, -0.2) is 0 Å². The van der Waals surface area contributed by atoms with Gasteiger partial charge in [-0.3, -0.25) is 4.40 Å². The van der Waals surface area contributed by atoms with Gasteiger partial charge in [0.15, 0.2) is 0 Å². The highest BCUT2D eigenvalue weighted by molar-refractivity contribution is 7.22. The summed E-state index contributed by atoms with van der Waals surface area (Å²) in [6.45, 7) is 0. The third-order valence-corrected chi connectivity index (χ3v) is 9.51. The first-order chi connectivity index (χ1) is 19.8. The molecule has 0 aliphatic heterocycles. The minimum atomic E-state index is 1.24. The van der Waals surface area contributed by atoms with Crippen molar-refractivity contribution in [3.63, 3.8) is 0 Å². The number of para-hydroxylation sites is 1. The Hall–Kier alpha value is -4.92. The second-order valence-corrected chi connectivity index (χ2v) is 11.6. The zero-order chi connectivity index (χ0) is 26.2. The molecule has 6 aromatic carbocycles. The lowest BCUT2D eigenvalue weighted by Crippen LogP contribution is -1.90. The van der Waals surface area contributed by atoms with Gasteiger partial charge in [-0.15, -0.1) is 11.3 Å².